The third kappa shape index (κ3) is 4.89. The fourth-order valence-corrected chi connectivity index (χ4v) is 3.37. The van der Waals surface area contributed by atoms with Gasteiger partial charge in [-0.2, -0.15) is 0 Å². The molecule has 2 aromatic rings. The van der Waals surface area contributed by atoms with Crippen molar-refractivity contribution in [1.82, 2.24) is 0 Å². The largest absolute Gasteiger partial charge is 0.325 e. The lowest BCUT2D eigenvalue weighted by Gasteiger charge is -2.20. The number of aryl methyl sites for hydroxylation is 1. The van der Waals surface area contributed by atoms with E-state index in [9.17, 15) is 4.39 Å². The van der Waals surface area contributed by atoms with Gasteiger partial charge in [0.1, 0.15) is 6.67 Å². The van der Waals surface area contributed by atoms with E-state index in [-0.39, 0.29) is 5.92 Å². The first-order valence-corrected chi connectivity index (χ1v) is 9.21. The molecule has 0 amide bonds. The molecule has 3 N–H and O–H groups in total. The van der Waals surface area contributed by atoms with Crippen molar-refractivity contribution in [3.8, 4) is 0 Å². The quantitative estimate of drug-likeness (QED) is 0.574. The van der Waals surface area contributed by atoms with Crippen molar-refractivity contribution in [2.75, 3.05) is 6.67 Å². The summed E-state index contributed by atoms with van der Waals surface area (Å²) in [5.41, 5.74) is 11.8. The number of allylic oxidation sites excluding steroid dienone is 1. The summed E-state index contributed by atoms with van der Waals surface area (Å²) in [4.78, 5) is 0. The zero-order valence-electron chi connectivity index (χ0n) is 15.8. The molecule has 0 aliphatic rings. The molecule has 2 rings (SSSR count). The fourth-order valence-electron chi connectivity index (χ4n) is 3.37. The summed E-state index contributed by atoms with van der Waals surface area (Å²) in [7, 11) is 0. The third-order valence-electron chi connectivity index (χ3n) is 4.97. The first kappa shape index (κ1) is 20.1. The van der Waals surface area contributed by atoms with Crippen LogP contribution in [0.1, 0.15) is 54.9 Å². The Hall–Kier alpha value is -2.26. The summed E-state index contributed by atoms with van der Waals surface area (Å²) >= 11 is 0. The van der Waals surface area contributed by atoms with Crippen molar-refractivity contribution in [2.24, 2.45) is 5.73 Å². The highest BCUT2D eigenvalue weighted by atomic mass is 19.1. The number of nitrogens with two attached hydrogens (primary N) is 1. The Labute approximate surface area is 156 Å². The molecular formula is C23H29FN2. The predicted molar refractivity (Wildman–Crippen MR) is 110 cm³/mol. The van der Waals surface area contributed by atoms with E-state index in [1.54, 1.807) is 6.92 Å². The van der Waals surface area contributed by atoms with Crippen LogP contribution in [-0.4, -0.2) is 18.4 Å². The SMILES string of the molecule is C=C(CCc1ccc(C(CC)C(N)CF)cc1)c1ccccc1C(C)=N. The number of halogens is 1. The number of rotatable bonds is 9. The van der Waals surface area contributed by atoms with Gasteiger partial charge in [0.15, 0.2) is 0 Å². The van der Waals surface area contributed by atoms with Gasteiger partial charge in [-0.25, -0.2) is 4.39 Å². The van der Waals surface area contributed by atoms with Gasteiger partial charge in [-0.15, -0.1) is 0 Å². The molecule has 26 heavy (non-hydrogen) atoms. The standard InChI is InChI=1S/C23H29FN2/c1-4-20(23(26)15-24)19-13-11-18(12-14-19)10-9-16(2)21-7-5-6-8-22(21)17(3)25/h5-8,11-14,20,23,25H,2,4,9-10,15,26H2,1,3H3. The Morgan fingerprint density at radius 2 is 1.73 bits per heavy atom. The lowest BCUT2D eigenvalue weighted by Crippen LogP contribution is -2.30. The highest BCUT2D eigenvalue weighted by Crippen LogP contribution is 2.25. The molecule has 0 fully saturated rings. The molecule has 3 heteroatoms. The summed E-state index contributed by atoms with van der Waals surface area (Å²) in [5.74, 6) is 0.0615. The number of hydrogen-bond donors (Lipinski definition) is 2. The van der Waals surface area contributed by atoms with E-state index in [0.29, 0.717) is 5.71 Å². The summed E-state index contributed by atoms with van der Waals surface area (Å²) in [6.07, 6.45) is 2.56. The maximum absolute atomic E-state index is 12.9. The number of nitrogens with one attached hydrogen (secondary N) is 1. The number of alkyl halides is 1. The van der Waals surface area contributed by atoms with E-state index < -0.39 is 12.7 Å². The molecule has 0 heterocycles. The Morgan fingerprint density at radius 1 is 1.12 bits per heavy atom. The first-order chi connectivity index (χ1) is 12.5. The van der Waals surface area contributed by atoms with Crippen LogP contribution in [0, 0.1) is 5.41 Å². The Morgan fingerprint density at radius 3 is 2.27 bits per heavy atom. The van der Waals surface area contributed by atoms with Crippen LogP contribution in [0.4, 0.5) is 4.39 Å². The second-order valence-electron chi connectivity index (χ2n) is 6.85. The maximum Gasteiger partial charge on any atom is 0.105 e. The monoisotopic (exact) mass is 352 g/mol. The first-order valence-electron chi connectivity index (χ1n) is 9.21. The smallest absolute Gasteiger partial charge is 0.105 e. The number of benzene rings is 2. The maximum atomic E-state index is 12.9. The van der Waals surface area contributed by atoms with Crippen molar-refractivity contribution in [3.05, 3.63) is 77.4 Å². The molecule has 0 aromatic heterocycles. The van der Waals surface area contributed by atoms with Gasteiger partial charge in [-0.3, -0.25) is 0 Å². The van der Waals surface area contributed by atoms with E-state index in [1.807, 2.05) is 31.2 Å². The van der Waals surface area contributed by atoms with Crippen LogP contribution in [0.2, 0.25) is 0 Å². The Bertz CT molecular complexity index is 749. The van der Waals surface area contributed by atoms with Gasteiger partial charge in [0.25, 0.3) is 0 Å². The van der Waals surface area contributed by atoms with Crippen molar-refractivity contribution in [3.63, 3.8) is 0 Å². The normalized spacial score (nSPS) is 13.2. The second-order valence-corrected chi connectivity index (χ2v) is 6.85. The van der Waals surface area contributed by atoms with E-state index in [0.717, 1.165) is 41.5 Å². The van der Waals surface area contributed by atoms with Crippen LogP contribution in [0.5, 0.6) is 0 Å². The zero-order chi connectivity index (χ0) is 19.1. The van der Waals surface area contributed by atoms with Crippen LogP contribution in [0.25, 0.3) is 5.57 Å². The summed E-state index contributed by atoms with van der Waals surface area (Å²) < 4.78 is 12.9. The molecular weight excluding hydrogens is 323 g/mol. The molecule has 0 bridgehead atoms. The molecule has 2 aromatic carbocycles. The average molecular weight is 352 g/mol. The van der Waals surface area contributed by atoms with Gasteiger partial charge >= 0.3 is 0 Å². The van der Waals surface area contributed by atoms with Crippen molar-refractivity contribution < 1.29 is 4.39 Å². The van der Waals surface area contributed by atoms with E-state index in [2.05, 4.69) is 30.8 Å². The second kappa shape index (κ2) is 9.44. The average Bonchev–Trinajstić information content (AvgIpc) is 2.67. The van der Waals surface area contributed by atoms with Crippen LogP contribution >= 0.6 is 0 Å². The Balaban J connectivity index is 2.04. The van der Waals surface area contributed by atoms with Gasteiger partial charge in [0, 0.05) is 23.2 Å². The van der Waals surface area contributed by atoms with Crippen LogP contribution < -0.4 is 5.73 Å². The Kier molecular flexibility index (Phi) is 7.28. The van der Waals surface area contributed by atoms with Crippen LogP contribution in [0.3, 0.4) is 0 Å². The van der Waals surface area contributed by atoms with E-state index in [1.165, 1.54) is 5.56 Å². The highest BCUT2D eigenvalue weighted by Gasteiger charge is 2.17. The highest BCUT2D eigenvalue weighted by molar-refractivity contribution is 6.00. The lowest BCUT2D eigenvalue weighted by atomic mass is 9.89. The van der Waals surface area contributed by atoms with E-state index in [4.69, 9.17) is 11.1 Å². The number of hydrogen-bond acceptors (Lipinski definition) is 2. The minimum Gasteiger partial charge on any atom is -0.325 e. The third-order valence-corrected chi connectivity index (χ3v) is 4.97. The minimum absolute atomic E-state index is 0.0615. The van der Waals surface area contributed by atoms with Crippen molar-refractivity contribution >= 4 is 11.3 Å². The molecule has 2 atom stereocenters. The van der Waals surface area contributed by atoms with Crippen molar-refractivity contribution in [2.45, 2.75) is 45.1 Å². The van der Waals surface area contributed by atoms with E-state index >= 15 is 0 Å². The van der Waals surface area contributed by atoms with Gasteiger partial charge in [0.05, 0.1) is 0 Å². The zero-order valence-corrected chi connectivity index (χ0v) is 15.8. The molecule has 0 saturated heterocycles. The van der Waals surface area contributed by atoms with Gasteiger partial charge < -0.3 is 11.1 Å². The molecule has 138 valence electrons. The molecule has 0 spiro atoms. The molecule has 0 aliphatic heterocycles. The van der Waals surface area contributed by atoms with Crippen molar-refractivity contribution in [1.29, 1.82) is 5.41 Å². The predicted octanol–water partition coefficient (Wildman–Crippen LogP) is 5.51. The minimum atomic E-state index is -0.494. The van der Waals surface area contributed by atoms with Gasteiger partial charge in [0.2, 0.25) is 0 Å². The molecule has 2 nitrogen and oxygen atoms in total. The molecule has 0 saturated carbocycles. The topological polar surface area (TPSA) is 49.9 Å². The van der Waals surface area contributed by atoms with Gasteiger partial charge in [-0.05, 0) is 48.4 Å². The van der Waals surface area contributed by atoms with Gasteiger partial charge in [-0.1, -0.05) is 62.0 Å². The summed E-state index contributed by atoms with van der Waals surface area (Å²) in [6, 6.07) is 15.8. The molecule has 0 radical (unpaired) electrons. The lowest BCUT2D eigenvalue weighted by molar-refractivity contribution is 0.380. The fraction of sp³-hybridized carbons (Fsp3) is 0.348. The molecule has 0 aliphatic carbocycles. The van der Waals surface area contributed by atoms with Crippen LogP contribution in [-0.2, 0) is 6.42 Å². The van der Waals surface area contributed by atoms with Crippen LogP contribution in [0.15, 0.2) is 55.1 Å². The summed E-state index contributed by atoms with van der Waals surface area (Å²) in [6.45, 7) is 7.57. The summed E-state index contributed by atoms with van der Waals surface area (Å²) in [5, 5.41) is 7.92. The molecule has 2 unspecified atom stereocenters.